The lowest BCUT2D eigenvalue weighted by molar-refractivity contribution is -0.149. The molecule has 6 atom stereocenters. The summed E-state index contributed by atoms with van der Waals surface area (Å²) in [5.74, 6) is -2.03. The van der Waals surface area contributed by atoms with E-state index in [1.807, 2.05) is 70.2 Å². The monoisotopic (exact) mass is 535 g/mol. The van der Waals surface area contributed by atoms with E-state index in [0.29, 0.717) is 37.9 Å². The van der Waals surface area contributed by atoms with Crippen LogP contribution in [-0.4, -0.2) is 64.2 Å². The average molecular weight is 536 g/mol. The van der Waals surface area contributed by atoms with Gasteiger partial charge in [0.05, 0.1) is 30.1 Å². The molecule has 2 aromatic carbocycles. The van der Waals surface area contributed by atoms with Gasteiger partial charge in [-0.25, -0.2) is 0 Å². The number of aliphatic hydroxyl groups is 1. The third-order valence-corrected chi connectivity index (χ3v) is 9.06. The Labute approximate surface area is 230 Å². The fourth-order valence-corrected chi connectivity index (χ4v) is 7.40. The topological polar surface area (TPSA) is 108 Å². The predicted molar refractivity (Wildman–Crippen MR) is 150 cm³/mol. The Kier molecular flexibility index (Phi) is 7.46. The smallest absolute Gasteiger partial charge is 0.250 e. The number of carbonyl (C=O) groups excluding carboxylic acids is 3. The molecule has 5 rings (SSSR count). The summed E-state index contributed by atoms with van der Waals surface area (Å²) in [6.45, 7) is 8.29. The highest BCUT2D eigenvalue weighted by Crippen LogP contribution is 2.64. The molecule has 1 spiro atoms. The lowest BCUT2D eigenvalue weighted by atomic mass is 9.65. The average Bonchev–Trinajstić information content (AvgIpc) is 3.53. The Morgan fingerprint density at radius 3 is 2.51 bits per heavy atom. The normalized spacial score (nSPS) is 30.2. The maximum Gasteiger partial charge on any atom is 0.250 e. The Bertz CT molecular complexity index is 1260. The van der Waals surface area contributed by atoms with E-state index in [1.54, 1.807) is 4.90 Å². The first kappa shape index (κ1) is 27.6. The van der Waals surface area contributed by atoms with Gasteiger partial charge in [-0.3, -0.25) is 14.4 Å². The quantitative estimate of drug-likeness (QED) is 0.428. The lowest BCUT2D eigenvalue weighted by Gasteiger charge is -2.37. The molecule has 39 heavy (non-hydrogen) atoms. The molecule has 3 heterocycles. The maximum absolute atomic E-state index is 14.3. The first-order chi connectivity index (χ1) is 18.7. The highest BCUT2D eigenvalue weighted by Gasteiger charge is 2.79. The summed E-state index contributed by atoms with van der Waals surface area (Å²) in [4.78, 5) is 43.6. The number of hydrogen-bond acceptors (Lipinski definition) is 5. The molecule has 210 valence electrons. The zero-order valence-electron chi connectivity index (χ0n) is 23.4. The van der Waals surface area contributed by atoms with Crippen molar-refractivity contribution in [3.8, 4) is 0 Å². The van der Waals surface area contributed by atoms with Crippen molar-refractivity contribution in [2.24, 2.45) is 17.8 Å². The Morgan fingerprint density at radius 2 is 1.85 bits per heavy atom. The van der Waals surface area contributed by atoms with Crippen LogP contribution in [-0.2, 0) is 19.1 Å². The largest absolute Gasteiger partial charge is 0.394 e. The standard InChI is InChI=1S/C31H41N3O5/c1-5-15-32-27(36)24-25-29(38)34(23(18-35)16-19(3)4)26(31(25)14-13-30(24,6-2)39-31)28(37)33-22-12-11-20-9-7-8-10-21(20)17-22/h7-12,17,19,23-26,35H,5-6,13-16,18H2,1-4H3,(H,32,36)(H,33,37)/t23-,24+,25+,26?,30-,31?/m1/s1. The summed E-state index contributed by atoms with van der Waals surface area (Å²) in [5.41, 5.74) is -1.27. The van der Waals surface area contributed by atoms with Crippen LogP contribution in [0.15, 0.2) is 42.5 Å². The van der Waals surface area contributed by atoms with Crippen LogP contribution in [0.2, 0.25) is 0 Å². The van der Waals surface area contributed by atoms with Crippen LogP contribution < -0.4 is 10.6 Å². The Morgan fingerprint density at radius 1 is 1.10 bits per heavy atom. The van der Waals surface area contributed by atoms with Gasteiger partial charge in [-0.1, -0.05) is 58.0 Å². The number of carbonyl (C=O) groups is 3. The minimum absolute atomic E-state index is 0.182. The third-order valence-electron chi connectivity index (χ3n) is 9.06. The number of likely N-dealkylation sites (tertiary alicyclic amines) is 1. The highest BCUT2D eigenvalue weighted by molar-refractivity contribution is 6.04. The summed E-state index contributed by atoms with van der Waals surface area (Å²) < 4.78 is 6.81. The lowest BCUT2D eigenvalue weighted by Crippen LogP contribution is -2.56. The molecular weight excluding hydrogens is 494 g/mol. The van der Waals surface area contributed by atoms with Gasteiger partial charge in [-0.15, -0.1) is 0 Å². The van der Waals surface area contributed by atoms with E-state index in [1.165, 1.54) is 0 Å². The minimum Gasteiger partial charge on any atom is -0.394 e. The van der Waals surface area contributed by atoms with Gasteiger partial charge in [0.2, 0.25) is 17.7 Å². The maximum atomic E-state index is 14.3. The fourth-order valence-electron chi connectivity index (χ4n) is 7.40. The molecule has 0 saturated carbocycles. The Hall–Kier alpha value is -2.97. The van der Waals surface area contributed by atoms with Crippen LogP contribution in [0.25, 0.3) is 10.8 Å². The van der Waals surface area contributed by atoms with Gasteiger partial charge in [-0.05, 0) is 60.9 Å². The Balaban J connectivity index is 1.56. The number of nitrogens with one attached hydrogen (secondary N) is 2. The van der Waals surface area contributed by atoms with E-state index in [4.69, 9.17) is 4.74 Å². The number of fused-ring (bicyclic) bond motifs is 2. The summed E-state index contributed by atoms with van der Waals surface area (Å²) in [6, 6.07) is 12.1. The molecule has 2 bridgehead atoms. The second kappa shape index (κ2) is 10.5. The van der Waals surface area contributed by atoms with E-state index in [9.17, 15) is 19.5 Å². The molecule has 2 unspecified atom stereocenters. The van der Waals surface area contributed by atoms with Gasteiger partial charge in [0, 0.05) is 12.2 Å². The number of nitrogens with zero attached hydrogens (tertiary/aromatic N) is 1. The molecule has 3 amide bonds. The second-order valence-electron chi connectivity index (χ2n) is 11.9. The molecule has 3 saturated heterocycles. The van der Waals surface area contributed by atoms with Crippen LogP contribution in [0.5, 0.6) is 0 Å². The van der Waals surface area contributed by atoms with Gasteiger partial charge in [0.1, 0.15) is 11.6 Å². The van der Waals surface area contributed by atoms with E-state index in [2.05, 4.69) is 10.6 Å². The highest BCUT2D eigenvalue weighted by atomic mass is 16.5. The predicted octanol–water partition coefficient (Wildman–Crippen LogP) is 3.87. The molecule has 3 N–H and O–H groups in total. The molecule has 2 aromatic rings. The SMILES string of the molecule is CCCNC(=O)[C@@H]1[C@H]2C(=O)N([C@@H](CO)CC(C)C)C(C(=O)Nc3ccc4ccccc4c3)C23CC[C@@]1(CC)O3. The molecule has 0 aliphatic carbocycles. The second-order valence-corrected chi connectivity index (χ2v) is 11.9. The molecular formula is C31H41N3O5. The number of aliphatic hydroxyl groups excluding tert-OH is 1. The van der Waals surface area contributed by atoms with Gasteiger partial charge < -0.3 is 25.4 Å². The van der Waals surface area contributed by atoms with E-state index in [0.717, 1.165) is 17.2 Å². The molecule has 8 heteroatoms. The molecule has 0 radical (unpaired) electrons. The van der Waals surface area contributed by atoms with Gasteiger partial charge in [0.25, 0.3) is 0 Å². The van der Waals surface area contributed by atoms with E-state index < -0.39 is 35.1 Å². The number of hydrogen-bond donors (Lipinski definition) is 3. The van der Waals surface area contributed by atoms with Crippen molar-refractivity contribution in [1.29, 1.82) is 0 Å². The van der Waals surface area contributed by atoms with E-state index >= 15 is 0 Å². The zero-order chi connectivity index (χ0) is 27.9. The third kappa shape index (κ3) is 4.42. The molecule has 8 nitrogen and oxygen atoms in total. The molecule has 3 fully saturated rings. The van der Waals surface area contributed by atoms with Crippen molar-refractivity contribution in [2.75, 3.05) is 18.5 Å². The van der Waals surface area contributed by atoms with E-state index in [-0.39, 0.29) is 30.2 Å². The summed E-state index contributed by atoms with van der Waals surface area (Å²) in [5, 5.41) is 18.6. The first-order valence-electron chi connectivity index (χ1n) is 14.4. The van der Waals surface area contributed by atoms with Crippen LogP contribution >= 0.6 is 0 Å². The van der Waals surface area contributed by atoms with Gasteiger partial charge in [0.15, 0.2) is 0 Å². The van der Waals surface area contributed by atoms with Crippen molar-refractivity contribution < 1.29 is 24.2 Å². The fraction of sp³-hybridized carbons (Fsp3) is 0.581. The van der Waals surface area contributed by atoms with Crippen molar-refractivity contribution >= 4 is 34.2 Å². The van der Waals surface area contributed by atoms with Crippen LogP contribution in [0.1, 0.15) is 59.8 Å². The van der Waals surface area contributed by atoms with Crippen LogP contribution in [0.3, 0.4) is 0 Å². The summed E-state index contributed by atoms with van der Waals surface area (Å²) in [6.07, 6.45) is 3.03. The molecule has 3 aliphatic rings. The number of ether oxygens (including phenoxy) is 1. The first-order valence-corrected chi connectivity index (χ1v) is 14.4. The van der Waals surface area contributed by atoms with Gasteiger partial charge >= 0.3 is 0 Å². The number of benzene rings is 2. The van der Waals surface area contributed by atoms with Crippen LogP contribution in [0, 0.1) is 17.8 Å². The van der Waals surface area contributed by atoms with Crippen molar-refractivity contribution in [3.63, 3.8) is 0 Å². The van der Waals surface area contributed by atoms with Crippen LogP contribution in [0.4, 0.5) is 5.69 Å². The molecule has 3 aliphatic heterocycles. The zero-order valence-corrected chi connectivity index (χ0v) is 23.4. The molecule has 0 aromatic heterocycles. The van der Waals surface area contributed by atoms with Crippen molar-refractivity contribution in [2.45, 2.75) is 83.1 Å². The minimum atomic E-state index is -1.12. The number of anilines is 1. The van der Waals surface area contributed by atoms with Crippen molar-refractivity contribution in [3.05, 3.63) is 42.5 Å². The number of amides is 3. The summed E-state index contributed by atoms with van der Waals surface area (Å²) in [7, 11) is 0. The number of rotatable bonds is 10. The summed E-state index contributed by atoms with van der Waals surface area (Å²) >= 11 is 0. The van der Waals surface area contributed by atoms with Crippen molar-refractivity contribution in [1.82, 2.24) is 10.2 Å². The van der Waals surface area contributed by atoms with Gasteiger partial charge in [-0.2, -0.15) is 0 Å².